The fourth-order valence-electron chi connectivity index (χ4n) is 1.05. The van der Waals surface area contributed by atoms with Gasteiger partial charge in [0.15, 0.2) is 0 Å². The smallest absolute Gasteiger partial charge is 0.0482 e. The Labute approximate surface area is 95.6 Å². The van der Waals surface area contributed by atoms with Crippen molar-refractivity contribution >= 4 is 32.1 Å². The zero-order chi connectivity index (χ0) is 11.1. The third kappa shape index (κ3) is 2.82. The van der Waals surface area contributed by atoms with Gasteiger partial charge in [0.1, 0.15) is 0 Å². The van der Waals surface area contributed by atoms with Crippen molar-refractivity contribution in [3.63, 3.8) is 0 Å². The van der Waals surface area contributed by atoms with Gasteiger partial charge < -0.3 is 0 Å². The summed E-state index contributed by atoms with van der Waals surface area (Å²) in [6.45, 7) is 12.4. The van der Waals surface area contributed by atoms with Crippen molar-refractivity contribution in [2.75, 3.05) is 0 Å². The van der Waals surface area contributed by atoms with Crippen molar-refractivity contribution in [1.82, 2.24) is 0 Å². The van der Waals surface area contributed by atoms with E-state index in [0.29, 0.717) is 0 Å². The first kappa shape index (κ1) is 13.7. The Morgan fingerprint density at radius 3 is 1.29 bits per heavy atom. The molecule has 0 nitrogen and oxygen atoms in total. The summed E-state index contributed by atoms with van der Waals surface area (Å²) in [5.41, 5.74) is 2.86. The van der Waals surface area contributed by atoms with Crippen LogP contribution in [0.4, 0.5) is 0 Å². The lowest BCUT2D eigenvalue weighted by Gasteiger charge is -1.77. The molecule has 0 saturated heterocycles. The van der Waals surface area contributed by atoms with Crippen LogP contribution >= 0.6 is 22.7 Å². The maximum absolute atomic E-state index is 2.23. The molecule has 0 fully saturated rings. The van der Waals surface area contributed by atoms with Gasteiger partial charge in [-0.3, -0.25) is 0 Å². The van der Waals surface area contributed by atoms with E-state index in [4.69, 9.17) is 0 Å². The van der Waals surface area contributed by atoms with Crippen LogP contribution in [-0.2, 0) is 0 Å². The second-order valence-electron chi connectivity index (χ2n) is 2.50. The molecule has 0 atom stereocenters. The Morgan fingerprint density at radius 2 is 1.00 bits per heavy atom. The first-order chi connectivity index (χ1) is 6.79. The van der Waals surface area contributed by atoms with E-state index in [0.717, 1.165) is 0 Å². The average Bonchev–Trinajstić information content (AvgIpc) is 2.79. The van der Waals surface area contributed by atoms with Gasteiger partial charge in [0.2, 0.25) is 0 Å². The SMILES string of the molecule is CC.CC.Cc1csc2c(C)csc12. The van der Waals surface area contributed by atoms with Crippen LogP contribution in [0.15, 0.2) is 10.8 Å². The number of hydrogen-bond donors (Lipinski definition) is 0. The predicted octanol–water partition coefficient (Wildman–Crippen LogP) is 5.63. The van der Waals surface area contributed by atoms with Crippen molar-refractivity contribution in [2.45, 2.75) is 41.5 Å². The van der Waals surface area contributed by atoms with Gasteiger partial charge >= 0.3 is 0 Å². The molecule has 0 aliphatic heterocycles. The van der Waals surface area contributed by atoms with E-state index < -0.39 is 0 Å². The Bertz CT molecular complexity index is 319. The minimum Gasteiger partial charge on any atom is -0.142 e. The minimum absolute atomic E-state index is 1.43. The number of thiophene rings is 2. The molecule has 0 aromatic carbocycles. The molecule has 0 aliphatic carbocycles. The molecule has 80 valence electrons. The molecule has 0 bridgehead atoms. The van der Waals surface area contributed by atoms with Crippen LogP contribution in [0, 0.1) is 13.8 Å². The zero-order valence-electron chi connectivity index (χ0n) is 9.97. The first-order valence-corrected chi connectivity index (χ1v) is 6.97. The molecule has 2 heterocycles. The molecule has 0 N–H and O–H groups in total. The second-order valence-corrected chi connectivity index (χ2v) is 4.25. The quantitative estimate of drug-likeness (QED) is 0.548. The molecule has 2 heteroatoms. The van der Waals surface area contributed by atoms with Crippen LogP contribution in [-0.4, -0.2) is 0 Å². The van der Waals surface area contributed by atoms with Crippen LogP contribution in [0.5, 0.6) is 0 Å². The summed E-state index contributed by atoms with van der Waals surface area (Å²) in [7, 11) is 0. The summed E-state index contributed by atoms with van der Waals surface area (Å²) in [6, 6.07) is 0. The maximum atomic E-state index is 2.23. The monoisotopic (exact) mass is 228 g/mol. The minimum atomic E-state index is 1.43. The van der Waals surface area contributed by atoms with Crippen LogP contribution in [0.2, 0.25) is 0 Å². The molecule has 2 aromatic heterocycles. The highest BCUT2D eigenvalue weighted by molar-refractivity contribution is 7.26. The second kappa shape index (κ2) is 7.02. The Morgan fingerprint density at radius 1 is 0.714 bits per heavy atom. The van der Waals surface area contributed by atoms with Crippen molar-refractivity contribution in [1.29, 1.82) is 0 Å². The van der Waals surface area contributed by atoms with Crippen LogP contribution < -0.4 is 0 Å². The van der Waals surface area contributed by atoms with E-state index in [9.17, 15) is 0 Å². The van der Waals surface area contributed by atoms with E-state index >= 15 is 0 Å². The van der Waals surface area contributed by atoms with Gasteiger partial charge in [0.05, 0.1) is 0 Å². The lowest BCUT2D eigenvalue weighted by Crippen LogP contribution is -1.56. The molecule has 0 aliphatic rings. The molecular weight excluding hydrogens is 208 g/mol. The molecule has 14 heavy (non-hydrogen) atoms. The lowest BCUT2D eigenvalue weighted by atomic mass is 10.3. The van der Waals surface area contributed by atoms with Crippen LogP contribution in [0.3, 0.4) is 0 Å². The fourth-order valence-corrected chi connectivity index (χ4v) is 3.34. The average molecular weight is 228 g/mol. The van der Waals surface area contributed by atoms with E-state index in [2.05, 4.69) is 24.6 Å². The van der Waals surface area contributed by atoms with E-state index in [1.54, 1.807) is 0 Å². The van der Waals surface area contributed by atoms with Gasteiger partial charge in [0.25, 0.3) is 0 Å². The zero-order valence-corrected chi connectivity index (χ0v) is 11.6. The van der Waals surface area contributed by atoms with Crippen LogP contribution in [0.25, 0.3) is 9.40 Å². The van der Waals surface area contributed by atoms with Crippen molar-refractivity contribution < 1.29 is 0 Å². The predicted molar refractivity (Wildman–Crippen MR) is 71.9 cm³/mol. The van der Waals surface area contributed by atoms with Crippen molar-refractivity contribution in [3.8, 4) is 0 Å². The molecule has 0 amide bonds. The van der Waals surface area contributed by atoms with E-state index in [1.807, 2.05) is 50.4 Å². The fraction of sp³-hybridized carbons (Fsp3) is 0.500. The standard InChI is InChI=1S/C8H8S2.2C2H6/c1-5-3-9-8-6(2)4-10-7(5)8;2*1-2/h3-4H,1-2H3;2*1-2H3. The highest BCUT2D eigenvalue weighted by Crippen LogP contribution is 2.33. The summed E-state index contributed by atoms with van der Waals surface area (Å²) in [5, 5.41) is 4.46. The summed E-state index contributed by atoms with van der Waals surface area (Å²) < 4.78 is 2.95. The highest BCUT2D eigenvalue weighted by atomic mass is 32.1. The van der Waals surface area contributed by atoms with Gasteiger partial charge in [-0.2, -0.15) is 0 Å². The lowest BCUT2D eigenvalue weighted by molar-refractivity contribution is 1.50. The van der Waals surface area contributed by atoms with E-state index in [1.165, 1.54) is 20.5 Å². The highest BCUT2D eigenvalue weighted by Gasteiger charge is 2.03. The largest absolute Gasteiger partial charge is 0.142 e. The topological polar surface area (TPSA) is 0 Å². The Balaban J connectivity index is 0.000000379. The first-order valence-electron chi connectivity index (χ1n) is 5.21. The number of rotatable bonds is 0. The maximum Gasteiger partial charge on any atom is 0.0482 e. The Kier molecular flexibility index (Phi) is 6.85. The number of hydrogen-bond acceptors (Lipinski definition) is 2. The van der Waals surface area contributed by atoms with Gasteiger partial charge in [-0.05, 0) is 35.7 Å². The summed E-state index contributed by atoms with van der Waals surface area (Å²) in [4.78, 5) is 0. The van der Waals surface area contributed by atoms with Gasteiger partial charge in [0, 0.05) is 9.40 Å². The van der Waals surface area contributed by atoms with Gasteiger partial charge in [-0.25, -0.2) is 0 Å². The molecule has 2 rings (SSSR count). The van der Waals surface area contributed by atoms with Crippen molar-refractivity contribution in [2.24, 2.45) is 0 Å². The molecule has 0 spiro atoms. The summed E-state index contributed by atoms with van der Waals surface area (Å²) in [6.07, 6.45) is 0. The summed E-state index contributed by atoms with van der Waals surface area (Å²) in [5.74, 6) is 0. The third-order valence-corrected chi connectivity index (χ3v) is 4.23. The number of aryl methyl sites for hydroxylation is 2. The third-order valence-electron chi connectivity index (χ3n) is 1.63. The molecule has 0 unspecified atom stereocenters. The van der Waals surface area contributed by atoms with Crippen LogP contribution in [0.1, 0.15) is 38.8 Å². The molecule has 0 radical (unpaired) electrons. The van der Waals surface area contributed by atoms with Gasteiger partial charge in [-0.1, -0.05) is 27.7 Å². The molecule has 0 saturated carbocycles. The van der Waals surface area contributed by atoms with Crippen molar-refractivity contribution in [3.05, 3.63) is 21.9 Å². The Hall–Kier alpha value is -0.340. The molecule has 2 aromatic rings. The molecular formula is C12H20S2. The number of fused-ring (bicyclic) bond motifs is 1. The summed E-state index contributed by atoms with van der Waals surface area (Å²) >= 11 is 3.72. The normalized spacial score (nSPS) is 8.71. The van der Waals surface area contributed by atoms with E-state index in [-0.39, 0.29) is 0 Å². The van der Waals surface area contributed by atoms with Gasteiger partial charge in [-0.15, -0.1) is 22.7 Å².